The number of amides is 1. The summed E-state index contributed by atoms with van der Waals surface area (Å²) in [5, 5.41) is 10.4. The maximum Gasteiger partial charge on any atom is 0.259 e. The first kappa shape index (κ1) is 16.7. The van der Waals surface area contributed by atoms with E-state index in [-0.39, 0.29) is 18.8 Å². The van der Waals surface area contributed by atoms with E-state index < -0.39 is 34.1 Å². The van der Waals surface area contributed by atoms with Crippen LogP contribution in [0.5, 0.6) is 5.75 Å². The van der Waals surface area contributed by atoms with Crippen molar-refractivity contribution in [1.82, 2.24) is 4.90 Å². The van der Waals surface area contributed by atoms with E-state index in [1.165, 1.54) is 12.0 Å². The average molecular weight is 313 g/mol. The van der Waals surface area contributed by atoms with Crippen LogP contribution in [0.1, 0.15) is 37.6 Å². The third-order valence-corrected chi connectivity index (χ3v) is 4.69. The number of carbonyl (C=O) groups excluding carboxylic acids is 1. The highest BCUT2D eigenvalue weighted by molar-refractivity contribution is 5.95. The van der Waals surface area contributed by atoms with E-state index in [0.29, 0.717) is 6.42 Å². The Kier molecular flexibility index (Phi) is 4.17. The Labute approximate surface area is 128 Å². The number of halogens is 2. The highest BCUT2D eigenvalue weighted by Crippen LogP contribution is 2.39. The summed E-state index contributed by atoms with van der Waals surface area (Å²) in [6.45, 7) is 5.82. The molecule has 0 aliphatic carbocycles. The van der Waals surface area contributed by atoms with E-state index >= 15 is 0 Å². The fraction of sp³-hybridized carbons (Fsp3) is 0.562. The van der Waals surface area contributed by atoms with Crippen molar-refractivity contribution in [2.75, 3.05) is 20.2 Å². The van der Waals surface area contributed by atoms with Gasteiger partial charge in [0.2, 0.25) is 0 Å². The first-order valence-corrected chi connectivity index (χ1v) is 7.14. The topological polar surface area (TPSA) is 49.8 Å². The molecule has 1 aromatic carbocycles. The van der Waals surface area contributed by atoms with Crippen molar-refractivity contribution >= 4 is 5.91 Å². The molecule has 1 saturated heterocycles. The maximum absolute atomic E-state index is 14.2. The second kappa shape index (κ2) is 5.50. The van der Waals surface area contributed by atoms with Gasteiger partial charge in [0.1, 0.15) is 11.4 Å². The van der Waals surface area contributed by atoms with E-state index in [1.807, 2.05) is 13.8 Å². The maximum atomic E-state index is 14.2. The molecular formula is C16H21F2NO3. The average Bonchev–Trinajstić information content (AvgIpc) is 2.42. The lowest BCUT2D eigenvalue weighted by Gasteiger charge is -2.48. The standard InChI is InChI=1S/C16H21F2NO3/c1-15(2)9-19(8-7-16(15,3)21)14(20)12-10(17)5-6-11(22-4)13(12)18/h5-6,21H,7-9H2,1-4H3. The van der Waals surface area contributed by atoms with Gasteiger partial charge in [-0.05, 0) is 25.5 Å². The molecule has 0 bridgehead atoms. The molecule has 6 heteroatoms. The third kappa shape index (κ3) is 2.67. The van der Waals surface area contributed by atoms with Gasteiger partial charge in [0.25, 0.3) is 5.91 Å². The number of carbonyl (C=O) groups is 1. The minimum Gasteiger partial charge on any atom is -0.494 e. The van der Waals surface area contributed by atoms with Gasteiger partial charge in [-0.25, -0.2) is 8.78 Å². The molecule has 0 radical (unpaired) electrons. The van der Waals surface area contributed by atoms with Gasteiger partial charge in [-0.2, -0.15) is 0 Å². The number of methoxy groups -OCH3 is 1. The van der Waals surface area contributed by atoms with Crippen molar-refractivity contribution in [3.63, 3.8) is 0 Å². The second-order valence-corrected chi connectivity index (χ2v) is 6.57. The SMILES string of the molecule is COc1ccc(F)c(C(=O)N2CCC(C)(O)C(C)(C)C2)c1F. The van der Waals surface area contributed by atoms with Gasteiger partial charge in [0.15, 0.2) is 11.6 Å². The number of likely N-dealkylation sites (tertiary alicyclic amines) is 1. The van der Waals surface area contributed by atoms with E-state index in [1.54, 1.807) is 6.92 Å². The van der Waals surface area contributed by atoms with Gasteiger partial charge in [0.05, 0.1) is 12.7 Å². The molecule has 0 aromatic heterocycles. The predicted octanol–water partition coefficient (Wildman–Crippen LogP) is 2.60. The summed E-state index contributed by atoms with van der Waals surface area (Å²) in [5.41, 5.74) is -2.13. The third-order valence-electron chi connectivity index (χ3n) is 4.69. The van der Waals surface area contributed by atoms with Gasteiger partial charge in [-0.3, -0.25) is 4.79 Å². The lowest BCUT2D eigenvalue weighted by molar-refractivity contribution is -0.0972. The summed E-state index contributed by atoms with van der Waals surface area (Å²) in [6.07, 6.45) is 0.346. The number of hydrogen-bond acceptors (Lipinski definition) is 3. The van der Waals surface area contributed by atoms with Crippen LogP contribution < -0.4 is 4.74 Å². The van der Waals surface area contributed by atoms with Crippen LogP contribution in [0.3, 0.4) is 0 Å². The Morgan fingerprint density at radius 3 is 2.50 bits per heavy atom. The molecule has 122 valence electrons. The molecule has 0 spiro atoms. The van der Waals surface area contributed by atoms with E-state index in [9.17, 15) is 18.7 Å². The molecule has 2 rings (SSSR count). The van der Waals surface area contributed by atoms with Crippen molar-refractivity contribution in [2.24, 2.45) is 5.41 Å². The largest absolute Gasteiger partial charge is 0.494 e. The molecule has 4 nitrogen and oxygen atoms in total. The number of hydrogen-bond donors (Lipinski definition) is 1. The Morgan fingerprint density at radius 1 is 1.32 bits per heavy atom. The fourth-order valence-electron chi connectivity index (χ4n) is 2.64. The molecule has 1 aliphatic heterocycles. The van der Waals surface area contributed by atoms with E-state index in [2.05, 4.69) is 0 Å². The van der Waals surface area contributed by atoms with Crippen LogP contribution in [0.4, 0.5) is 8.78 Å². The molecule has 1 fully saturated rings. The van der Waals surface area contributed by atoms with Crippen molar-refractivity contribution in [3.8, 4) is 5.75 Å². The highest BCUT2D eigenvalue weighted by atomic mass is 19.1. The Bertz CT molecular complexity index is 599. The Hall–Kier alpha value is -1.69. The Balaban J connectivity index is 2.34. The number of piperidine rings is 1. The summed E-state index contributed by atoms with van der Waals surface area (Å²) < 4.78 is 32.9. The van der Waals surface area contributed by atoms with Crippen LogP contribution in [0.25, 0.3) is 0 Å². The zero-order valence-electron chi connectivity index (χ0n) is 13.2. The van der Waals surface area contributed by atoms with Gasteiger partial charge < -0.3 is 14.7 Å². The van der Waals surface area contributed by atoms with Gasteiger partial charge in [0, 0.05) is 18.5 Å². The summed E-state index contributed by atoms with van der Waals surface area (Å²) in [6, 6.07) is 2.16. The monoisotopic (exact) mass is 313 g/mol. The van der Waals surface area contributed by atoms with Crippen LogP contribution in [-0.4, -0.2) is 41.7 Å². The minimum absolute atomic E-state index is 0.173. The first-order valence-electron chi connectivity index (χ1n) is 7.14. The van der Waals surface area contributed by atoms with Gasteiger partial charge >= 0.3 is 0 Å². The quantitative estimate of drug-likeness (QED) is 0.913. The molecule has 1 unspecified atom stereocenters. The van der Waals surface area contributed by atoms with E-state index in [0.717, 1.165) is 12.1 Å². The van der Waals surface area contributed by atoms with E-state index in [4.69, 9.17) is 4.74 Å². The molecule has 0 saturated carbocycles. The van der Waals surface area contributed by atoms with Crippen molar-refractivity contribution in [1.29, 1.82) is 0 Å². The van der Waals surface area contributed by atoms with Gasteiger partial charge in [-0.15, -0.1) is 0 Å². The summed E-state index contributed by atoms with van der Waals surface area (Å²) in [5.74, 6) is -2.81. The van der Waals surface area contributed by atoms with Gasteiger partial charge in [-0.1, -0.05) is 13.8 Å². The van der Waals surface area contributed by atoms with Crippen LogP contribution in [0.15, 0.2) is 12.1 Å². The minimum atomic E-state index is -0.998. The molecular weight excluding hydrogens is 292 g/mol. The Morgan fingerprint density at radius 2 is 1.95 bits per heavy atom. The molecule has 1 heterocycles. The number of ether oxygens (including phenoxy) is 1. The molecule has 1 aliphatic rings. The zero-order valence-corrected chi connectivity index (χ0v) is 13.2. The van der Waals surface area contributed by atoms with Crippen LogP contribution in [0, 0.1) is 17.0 Å². The smallest absolute Gasteiger partial charge is 0.259 e. The molecule has 1 amide bonds. The highest BCUT2D eigenvalue weighted by Gasteiger charge is 2.45. The number of nitrogens with zero attached hydrogens (tertiary/aromatic N) is 1. The number of rotatable bonds is 2. The fourth-order valence-corrected chi connectivity index (χ4v) is 2.64. The molecule has 1 atom stereocenters. The summed E-state index contributed by atoms with van der Waals surface area (Å²) in [7, 11) is 1.26. The lowest BCUT2D eigenvalue weighted by Crippen LogP contribution is -2.57. The van der Waals surface area contributed by atoms with Crippen molar-refractivity contribution in [3.05, 3.63) is 29.3 Å². The molecule has 1 N–H and O–H groups in total. The summed E-state index contributed by atoms with van der Waals surface area (Å²) in [4.78, 5) is 13.9. The van der Waals surface area contributed by atoms with Crippen molar-refractivity contribution < 1.29 is 23.4 Å². The zero-order chi connectivity index (χ0) is 16.7. The van der Waals surface area contributed by atoms with Crippen LogP contribution >= 0.6 is 0 Å². The second-order valence-electron chi connectivity index (χ2n) is 6.57. The molecule has 1 aromatic rings. The van der Waals surface area contributed by atoms with Crippen LogP contribution in [0.2, 0.25) is 0 Å². The number of benzene rings is 1. The number of aliphatic hydroxyl groups is 1. The van der Waals surface area contributed by atoms with Crippen molar-refractivity contribution in [2.45, 2.75) is 32.8 Å². The normalized spacial score (nSPS) is 24.2. The lowest BCUT2D eigenvalue weighted by atomic mass is 9.71. The van der Waals surface area contributed by atoms with Crippen LogP contribution in [-0.2, 0) is 0 Å². The summed E-state index contributed by atoms with van der Waals surface area (Å²) >= 11 is 0. The molecule has 22 heavy (non-hydrogen) atoms. The first-order chi connectivity index (χ1) is 10.1. The predicted molar refractivity (Wildman–Crippen MR) is 77.8 cm³/mol.